The summed E-state index contributed by atoms with van der Waals surface area (Å²) in [4.78, 5) is 14.1. The molecule has 1 heterocycles. The highest BCUT2D eigenvalue weighted by Crippen LogP contribution is 2.16. The summed E-state index contributed by atoms with van der Waals surface area (Å²) in [6, 6.07) is 7.72. The van der Waals surface area contributed by atoms with Gasteiger partial charge >= 0.3 is 0 Å². The highest BCUT2D eigenvalue weighted by atomic mass is 16.5. The number of morpholine rings is 1. The summed E-state index contributed by atoms with van der Waals surface area (Å²) in [6.07, 6.45) is 2.91. The van der Waals surface area contributed by atoms with Gasteiger partial charge in [-0.25, -0.2) is 0 Å². The first-order valence-corrected chi connectivity index (χ1v) is 7.92. The van der Waals surface area contributed by atoms with Crippen molar-refractivity contribution >= 4 is 11.6 Å². The summed E-state index contributed by atoms with van der Waals surface area (Å²) in [5.74, 6) is 0.753. The van der Waals surface area contributed by atoms with Crippen molar-refractivity contribution < 1.29 is 14.3 Å². The number of hydrogen-bond donors (Lipinski definition) is 2. The molecule has 0 atom stereocenters. The summed E-state index contributed by atoms with van der Waals surface area (Å²) in [5, 5.41) is 0. The lowest BCUT2D eigenvalue weighted by Crippen LogP contribution is -2.46. The van der Waals surface area contributed by atoms with Crippen LogP contribution in [0.15, 0.2) is 30.3 Å². The Morgan fingerprint density at radius 3 is 2.57 bits per heavy atom. The Hall–Kier alpha value is -2.05. The van der Waals surface area contributed by atoms with Crippen LogP contribution in [-0.2, 0) is 9.53 Å². The molecule has 0 aromatic heterocycles. The Bertz CT molecular complexity index is 522. The molecule has 6 heteroatoms. The van der Waals surface area contributed by atoms with E-state index in [2.05, 4.69) is 22.7 Å². The summed E-state index contributed by atoms with van der Waals surface area (Å²) in [6.45, 7) is 5.40. The van der Waals surface area contributed by atoms with Gasteiger partial charge in [-0.05, 0) is 36.2 Å². The Morgan fingerprint density at radius 1 is 1.26 bits per heavy atom. The molecule has 1 aromatic rings. The molecule has 1 amide bonds. The molecule has 0 spiro atoms. The van der Waals surface area contributed by atoms with Crippen molar-refractivity contribution in [2.45, 2.75) is 13.3 Å². The normalized spacial score (nSPS) is 16.0. The number of allylic oxidation sites excluding steroid dienone is 1. The standard InChI is InChI=1S/C17H25N3O3/c1-3-4-16(14-5-7-15(22-2)8-6-14)18-19-17(21)13-20-9-11-23-12-10-20/h4-8,18H,3,9-13H2,1-2H3,(H,19,21)/b16-4+. The van der Waals surface area contributed by atoms with E-state index in [1.54, 1.807) is 7.11 Å². The fraction of sp³-hybridized carbons (Fsp3) is 0.471. The fourth-order valence-electron chi connectivity index (χ4n) is 2.35. The molecule has 2 rings (SSSR count). The molecule has 126 valence electrons. The maximum absolute atomic E-state index is 12.0. The van der Waals surface area contributed by atoms with Gasteiger partial charge < -0.3 is 9.47 Å². The highest BCUT2D eigenvalue weighted by molar-refractivity contribution is 5.79. The number of hydrazine groups is 1. The van der Waals surface area contributed by atoms with Crippen molar-refractivity contribution in [1.82, 2.24) is 15.8 Å². The molecule has 1 aliphatic heterocycles. The zero-order valence-corrected chi connectivity index (χ0v) is 13.8. The van der Waals surface area contributed by atoms with Crippen molar-refractivity contribution in [3.63, 3.8) is 0 Å². The van der Waals surface area contributed by atoms with Gasteiger partial charge in [0.1, 0.15) is 5.75 Å². The number of carbonyl (C=O) groups is 1. The van der Waals surface area contributed by atoms with E-state index in [9.17, 15) is 4.79 Å². The minimum atomic E-state index is -0.0533. The molecule has 1 aromatic carbocycles. The van der Waals surface area contributed by atoms with Gasteiger partial charge in [-0.15, -0.1) is 0 Å². The first kappa shape index (κ1) is 17.3. The molecular weight excluding hydrogens is 294 g/mol. The molecule has 1 saturated heterocycles. The molecule has 0 radical (unpaired) electrons. The number of benzene rings is 1. The van der Waals surface area contributed by atoms with E-state index >= 15 is 0 Å². The molecule has 6 nitrogen and oxygen atoms in total. The third kappa shape index (κ3) is 5.58. The van der Waals surface area contributed by atoms with Crippen LogP contribution in [0.2, 0.25) is 0 Å². The predicted molar refractivity (Wildman–Crippen MR) is 89.8 cm³/mol. The predicted octanol–water partition coefficient (Wildman–Crippen LogP) is 1.40. The second-order valence-electron chi connectivity index (χ2n) is 5.32. The monoisotopic (exact) mass is 319 g/mol. The van der Waals surface area contributed by atoms with Crippen LogP contribution in [0.25, 0.3) is 5.70 Å². The van der Waals surface area contributed by atoms with E-state index in [4.69, 9.17) is 9.47 Å². The molecule has 1 aliphatic rings. The topological polar surface area (TPSA) is 62.8 Å². The number of ether oxygens (including phenoxy) is 2. The second kappa shape index (κ2) is 9.17. The first-order chi connectivity index (χ1) is 11.2. The number of nitrogens with one attached hydrogen (secondary N) is 2. The van der Waals surface area contributed by atoms with Crippen molar-refractivity contribution in [3.8, 4) is 5.75 Å². The van der Waals surface area contributed by atoms with E-state index in [1.807, 2.05) is 30.3 Å². The molecule has 0 saturated carbocycles. The van der Waals surface area contributed by atoms with Crippen LogP contribution in [0.4, 0.5) is 0 Å². The number of amides is 1. The number of hydrogen-bond acceptors (Lipinski definition) is 5. The van der Waals surface area contributed by atoms with Crippen LogP contribution in [0.3, 0.4) is 0 Å². The molecule has 0 bridgehead atoms. The van der Waals surface area contributed by atoms with Gasteiger partial charge in [-0.1, -0.05) is 13.0 Å². The third-order valence-corrected chi connectivity index (χ3v) is 3.62. The van der Waals surface area contributed by atoms with Gasteiger partial charge in [-0.2, -0.15) is 0 Å². The van der Waals surface area contributed by atoms with E-state index in [0.717, 1.165) is 36.5 Å². The van der Waals surface area contributed by atoms with Gasteiger partial charge in [-0.3, -0.25) is 20.5 Å². The van der Waals surface area contributed by atoms with Crippen LogP contribution < -0.4 is 15.6 Å². The minimum Gasteiger partial charge on any atom is -0.497 e. The van der Waals surface area contributed by atoms with Crippen molar-refractivity contribution in [2.24, 2.45) is 0 Å². The summed E-state index contributed by atoms with van der Waals surface area (Å²) in [7, 11) is 1.64. The Morgan fingerprint density at radius 2 is 1.96 bits per heavy atom. The molecule has 0 aliphatic carbocycles. The van der Waals surface area contributed by atoms with Crippen LogP contribution >= 0.6 is 0 Å². The SMILES string of the molecule is CC/C=C(/NNC(=O)CN1CCOCC1)c1ccc(OC)cc1. The largest absolute Gasteiger partial charge is 0.497 e. The maximum atomic E-state index is 12.0. The van der Waals surface area contributed by atoms with Gasteiger partial charge in [0, 0.05) is 13.1 Å². The summed E-state index contributed by atoms with van der Waals surface area (Å²) >= 11 is 0. The molecule has 2 N–H and O–H groups in total. The summed E-state index contributed by atoms with van der Waals surface area (Å²) in [5.41, 5.74) is 7.68. The lowest BCUT2D eigenvalue weighted by molar-refractivity contribution is -0.123. The minimum absolute atomic E-state index is 0.0533. The fourth-order valence-corrected chi connectivity index (χ4v) is 2.35. The number of rotatable bonds is 7. The average molecular weight is 319 g/mol. The Balaban J connectivity index is 1.88. The van der Waals surface area contributed by atoms with Crippen LogP contribution in [0, 0.1) is 0 Å². The van der Waals surface area contributed by atoms with Crippen molar-refractivity contribution in [3.05, 3.63) is 35.9 Å². The Kier molecular flexibility index (Phi) is 6.90. The third-order valence-electron chi connectivity index (χ3n) is 3.62. The lowest BCUT2D eigenvalue weighted by Gasteiger charge is -2.26. The van der Waals surface area contributed by atoms with Gasteiger partial charge in [0.15, 0.2) is 0 Å². The zero-order valence-electron chi connectivity index (χ0n) is 13.8. The highest BCUT2D eigenvalue weighted by Gasteiger charge is 2.14. The molecule has 1 fully saturated rings. The number of carbonyl (C=O) groups excluding carboxylic acids is 1. The van der Waals surface area contributed by atoms with Crippen LogP contribution in [-0.4, -0.2) is 50.8 Å². The van der Waals surface area contributed by atoms with E-state index in [-0.39, 0.29) is 5.91 Å². The number of nitrogens with zero attached hydrogens (tertiary/aromatic N) is 1. The van der Waals surface area contributed by atoms with Crippen LogP contribution in [0.5, 0.6) is 5.75 Å². The van der Waals surface area contributed by atoms with E-state index < -0.39 is 0 Å². The average Bonchev–Trinajstić information content (AvgIpc) is 2.59. The van der Waals surface area contributed by atoms with Gasteiger partial charge in [0.05, 0.1) is 32.6 Å². The van der Waals surface area contributed by atoms with E-state index in [0.29, 0.717) is 19.8 Å². The molecule has 0 unspecified atom stereocenters. The quantitative estimate of drug-likeness (QED) is 0.744. The zero-order chi connectivity index (χ0) is 16.5. The van der Waals surface area contributed by atoms with Gasteiger partial charge in [0.2, 0.25) is 0 Å². The maximum Gasteiger partial charge on any atom is 0.252 e. The van der Waals surface area contributed by atoms with Crippen molar-refractivity contribution in [2.75, 3.05) is 40.0 Å². The molecular formula is C17H25N3O3. The lowest BCUT2D eigenvalue weighted by atomic mass is 10.1. The van der Waals surface area contributed by atoms with E-state index in [1.165, 1.54) is 0 Å². The smallest absolute Gasteiger partial charge is 0.252 e. The van der Waals surface area contributed by atoms with Crippen molar-refractivity contribution in [1.29, 1.82) is 0 Å². The molecule has 23 heavy (non-hydrogen) atoms. The summed E-state index contributed by atoms with van der Waals surface area (Å²) < 4.78 is 10.4. The Labute approximate surface area is 137 Å². The van der Waals surface area contributed by atoms with Gasteiger partial charge in [0.25, 0.3) is 5.91 Å². The van der Waals surface area contributed by atoms with Crippen LogP contribution in [0.1, 0.15) is 18.9 Å². The first-order valence-electron chi connectivity index (χ1n) is 7.92. The number of methoxy groups -OCH3 is 1. The second-order valence-corrected chi connectivity index (χ2v) is 5.32.